The van der Waals surface area contributed by atoms with E-state index in [4.69, 9.17) is 15.3 Å². The van der Waals surface area contributed by atoms with Crippen molar-refractivity contribution in [2.75, 3.05) is 39.5 Å². The number of hydrogen-bond donors (Lipinski definition) is 4. The topological polar surface area (TPSA) is 92.6 Å². The van der Waals surface area contributed by atoms with Gasteiger partial charge in [0.2, 0.25) is 0 Å². The van der Waals surface area contributed by atoms with Gasteiger partial charge in [-0.15, -0.1) is 0 Å². The molecule has 0 unspecified atom stereocenters. The first-order valence-corrected chi connectivity index (χ1v) is 4.82. The van der Waals surface area contributed by atoms with Crippen LogP contribution in [-0.4, -0.2) is 69.6 Å². The van der Waals surface area contributed by atoms with E-state index in [1.54, 1.807) is 23.6 Å². The Labute approximate surface area is 89.2 Å². The molecule has 0 aliphatic heterocycles. The fraction of sp³-hybridized carbons (Fsp3) is 0.667. The summed E-state index contributed by atoms with van der Waals surface area (Å²) >= 11 is 0. The van der Waals surface area contributed by atoms with Crippen LogP contribution in [-0.2, 0) is 0 Å². The van der Waals surface area contributed by atoms with Crippen molar-refractivity contribution in [3.05, 3.63) is 18.7 Å². The molecule has 1 aromatic heterocycles. The number of nitrogens with one attached hydrogen (secondary N) is 1. The van der Waals surface area contributed by atoms with Crippen LogP contribution in [0.2, 0.25) is 0 Å². The van der Waals surface area contributed by atoms with Gasteiger partial charge in [0.05, 0.1) is 26.1 Å². The molecule has 1 heterocycles. The molecule has 4 N–H and O–H groups in total. The third-order valence-corrected chi connectivity index (χ3v) is 1.65. The van der Waals surface area contributed by atoms with E-state index < -0.39 is 0 Å². The maximum atomic E-state index is 8.48. The summed E-state index contributed by atoms with van der Waals surface area (Å²) in [5.41, 5.74) is 0. The second-order valence-corrected chi connectivity index (χ2v) is 2.77. The second-order valence-electron chi connectivity index (χ2n) is 2.77. The Kier molecular flexibility index (Phi) is 10.4. The number of aliphatic hydroxyl groups excluding tert-OH is 3. The molecule has 6 heteroatoms. The van der Waals surface area contributed by atoms with Gasteiger partial charge in [-0.25, -0.2) is 4.98 Å². The normalized spacial score (nSPS) is 9.87. The molecule has 0 bridgehead atoms. The SMILES string of the molecule is OCCN(CCO)CCO.c1c[nH]cn1. The first kappa shape index (κ1) is 14.1. The van der Waals surface area contributed by atoms with E-state index in [0.29, 0.717) is 19.6 Å². The molecule has 0 atom stereocenters. The Hall–Kier alpha value is -0.950. The average Bonchev–Trinajstić information content (AvgIpc) is 2.77. The number of rotatable bonds is 6. The lowest BCUT2D eigenvalue weighted by atomic mass is 10.4. The van der Waals surface area contributed by atoms with Crippen molar-refractivity contribution < 1.29 is 15.3 Å². The van der Waals surface area contributed by atoms with Crippen LogP contribution in [0.1, 0.15) is 0 Å². The van der Waals surface area contributed by atoms with Crippen LogP contribution in [0.15, 0.2) is 18.7 Å². The van der Waals surface area contributed by atoms with Crippen LogP contribution in [0.3, 0.4) is 0 Å². The van der Waals surface area contributed by atoms with Gasteiger partial charge in [-0.05, 0) is 0 Å². The van der Waals surface area contributed by atoms with E-state index in [2.05, 4.69) is 9.97 Å². The van der Waals surface area contributed by atoms with E-state index in [1.165, 1.54) is 0 Å². The molecule has 6 nitrogen and oxygen atoms in total. The number of aromatic amines is 1. The van der Waals surface area contributed by atoms with Crippen molar-refractivity contribution >= 4 is 0 Å². The molecule has 1 aromatic rings. The van der Waals surface area contributed by atoms with E-state index >= 15 is 0 Å². The molecule has 0 amide bonds. The van der Waals surface area contributed by atoms with Crippen molar-refractivity contribution in [2.24, 2.45) is 0 Å². The molecule has 0 fully saturated rings. The summed E-state index contributed by atoms with van der Waals surface area (Å²) in [5, 5.41) is 25.5. The number of aromatic nitrogens is 2. The van der Waals surface area contributed by atoms with Crippen LogP contribution >= 0.6 is 0 Å². The summed E-state index contributed by atoms with van der Waals surface area (Å²) in [6.45, 7) is 1.75. The van der Waals surface area contributed by atoms with E-state index in [9.17, 15) is 0 Å². The predicted molar refractivity (Wildman–Crippen MR) is 56.3 cm³/mol. The zero-order valence-corrected chi connectivity index (χ0v) is 8.71. The molecular weight excluding hydrogens is 198 g/mol. The minimum absolute atomic E-state index is 0.0694. The lowest BCUT2D eigenvalue weighted by molar-refractivity contribution is 0.136. The monoisotopic (exact) mass is 217 g/mol. The van der Waals surface area contributed by atoms with Gasteiger partial charge in [0, 0.05) is 32.0 Å². The predicted octanol–water partition coefficient (Wildman–Crippen LogP) is -1.32. The number of hydrogen-bond acceptors (Lipinski definition) is 5. The maximum Gasteiger partial charge on any atom is 0.0919 e. The zero-order chi connectivity index (χ0) is 11.4. The van der Waals surface area contributed by atoms with Crippen LogP contribution in [0, 0.1) is 0 Å². The van der Waals surface area contributed by atoms with Crippen molar-refractivity contribution in [3.8, 4) is 0 Å². The highest BCUT2D eigenvalue weighted by Crippen LogP contribution is 1.84. The summed E-state index contributed by atoms with van der Waals surface area (Å²) in [6.07, 6.45) is 5.08. The molecular formula is C9H19N3O3. The molecule has 0 saturated heterocycles. The van der Waals surface area contributed by atoms with Gasteiger partial charge in [0.25, 0.3) is 0 Å². The largest absolute Gasteiger partial charge is 0.395 e. The highest BCUT2D eigenvalue weighted by molar-refractivity contribution is 4.64. The van der Waals surface area contributed by atoms with Crippen LogP contribution in [0.4, 0.5) is 0 Å². The number of nitrogens with zero attached hydrogens (tertiary/aromatic N) is 2. The van der Waals surface area contributed by atoms with Crippen molar-refractivity contribution in [3.63, 3.8) is 0 Å². The van der Waals surface area contributed by atoms with Gasteiger partial charge in [-0.3, -0.25) is 4.90 Å². The summed E-state index contributed by atoms with van der Waals surface area (Å²) < 4.78 is 0. The van der Waals surface area contributed by atoms with E-state index in [0.717, 1.165) is 0 Å². The minimum Gasteiger partial charge on any atom is -0.395 e. The Bertz CT molecular complexity index is 163. The Morgan fingerprint density at radius 2 is 1.53 bits per heavy atom. The highest BCUT2D eigenvalue weighted by atomic mass is 16.3. The molecule has 1 rings (SSSR count). The van der Waals surface area contributed by atoms with Gasteiger partial charge < -0.3 is 20.3 Å². The van der Waals surface area contributed by atoms with Gasteiger partial charge in [0.1, 0.15) is 0 Å². The Morgan fingerprint density at radius 3 is 1.73 bits per heavy atom. The van der Waals surface area contributed by atoms with Crippen LogP contribution < -0.4 is 0 Å². The van der Waals surface area contributed by atoms with Crippen molar-refractivity contribution in [1.82, 2.24) is 14.9 Å². The minimum atomic E-state index is 0.0694. The van der Waals surface area contributed by atoms with Crippen molar-refractivity contribution in [1.29, 1.82) is 0 Å². The summed E-state index contributed by atoms with van der Waals surface area (Å²) in [7, 11) is 0. The van der Waals surface area contributed by atoms with Crippen LogP contribution in [0.5, 0.6) is 0 Å². The number of imidazole rings is 1. The third-order valence-electron chi connectivity index (χ3n) is 1.65. The lowest BCUT2D eigenvalue weighted by Gasteiger charge is -2.17. The first-order valence-electron chi connectivity index (χ1n) is 4.82. The quantitative estimate of drug-likeness (QED) is 0.474. The second kappa shape index (κ2) is 11.1. The van der Waals surface area contributed by atoms with Gasteiger partial charge >= 0.3 is 0 Å². The number of H-pyrrole nitrogens is 1. The van der Waals surface area contributed by atoms with Gasteiger partial charge in [-0.1, -0.05) is 0 Å². The van der Waals surface area contributed by atoms with E-state index in [1.807, 2.05) is 0 Å². The van der Waals surface area contributed by atoms with Crippen molar-refractivity contribution in [2.45, 2.75) is 0 Å². The standard InChI is InChI=1S/C6H15NO3.C3H4N2/c8-4-1-7(2-5-9)3-6-10;1-2-5-3-4-1/h8-10H,1-6H2;1-3H,(H,4,5). The van der Waals surface area contributed by atoms with Gasteiger partial charge in [0.15, 0.2) is 0 Å². The summed E-state index contributed by atoms with van der Waals surface area (Å²) in [6, 6.07) is 0. The highest BCUT2D eigenvalue weighted by Gasteiger charge is 2.00. The average molecular weight is 217 g/mol. The Morgan fingerprint density at radius 1 is 1.00 bits per heavy atom. The zero-order valence-electron chi connectivity index (χ0n) is 8.71. The molecule has 0 aliphatic carbocycles. The smallest absolute Gasteiger partial charge is 0.0919 e. The molecule has 15 heavy (non-hydrogen) atoms. The third kappa shape index (κ3) is 9.36. The summed E-state index contributed by atoms with van der Waals surface area (Å²) in [4.78, 5) is 8.21. The van der Waals surface area contributed by atoms with E-state index in [-0.39, 0.29) is 19.8 Å². The molecule has 88 valence electrons. The molecule has 0 radical (unpaired) electrons. The molecule has 0 aliphatic rings. The maximum absolute atomic E-state index is 8.48. The number of aliphatic hydroxyl groups is 3. The molecule has 0 aromatic carbocycles. The fourth-order valence-corrected chi connectivity index (χ4v) is 0.975. The summed E-state index contributed by atoms with van der Waals surface area (Å²) in [5.74, 6) is 0. The van der Waals surface area contributed by atoms with Gasteiger partial charge in [-0.2, -0.15) is 0 Å². The van der Waals surface area contributed by atoms with Crippen LogP contribution in [0.25, 0.3) is 0 Å². The molecule has 0 saturated carbocycles. The molecule has 0 spiro atoms. The lowest BCUT2D eigenvalue weighted by Crippen LogP contribution is -2.32. The fourth-order valence-electron chi connectivity index (χ4n) is 0.975. The Balaban J connectivity index is 0.000000322. The first-order chi connectivity index (χ1) is 7.35.